The molecule has 0 unspecified atom stereocenters. The van der Waals surface area contributed by atoms with E-state index in [-0.39, 0.29) is 6.61 Å². The molecule has 0 bridgehead atoms. The number of rotatable bonds is 4. The van der Waals surface area contributed by atoms with Crippen molar-refractivity contribution in [3.63, 3.8) is 0 Å². The molecule has 0 aliphatic carbocycles. The number of nitrogens with zero attached hydrogens (tertiary/aromatic N) is 1. The molecular weight excluding hydrogens is 254 g/mol. The number of nitrogen functional groups attached to an aromatic ring is 1. The van der Waals surface area contributed by atoms with Crippen LogP contribution in [0.5, 0.6) is 5.75 Å². The van der Waals surface area contributed by atoms with Crippen LogP contribution in [0.1, 0.15) is 21.5 Å². The van der Waals surface area contributed by atoms with Crippen molar-refractivity contribution < 1.29 is 9.53 Å². The Morgan fingerprint density at radius 2 is 2.05 bits per heavy atom. The fourth-order valence-electron chi connectivity index (χ4n) is 1.70. The molecular formula is C15H13N3O2. The summed E-state index contributed by atoms with van der Waals surface area (Å²) in [6.45, 7) is 0.250. The van der Waals surface area contributed by atoms with E-state index in [4.69, 9.17) is 21.5 Å². The molecule has 0 aliphatic heterocycles. The Labute approximate surface area is 116 Å². The molecule has 0 atom stereocenters. The molecule has 2 rings (SSSR count). The first-order valence-electron chi connectivity index (χ1n) is 5.91. The van der Waals surface area contributed by atoms with Gasteiger partial charge >= 0.3 is 0 Å². The van der Waals surface area contributed by atoms with Crippen LogP contribution in [0.25, 0.3) is 0 Å². The third-order valence-electron chi connectivity index (χ3n) is 2.79. The monoisotopic (exact) mass is 267 g/mol. The molecule has 0 aromatic heterocycles. The first-order chi connectivity index (χ1) is 9.60. The van der Waals surface area contributed by atoms with Gasteiger partial charge < -0.3 is 16.2 Å². The molecule has 0 saturated heterocycles. The number of carbonyl (C=O) groups excluding carboxylic acids is 1. The maximum absolute atomic E-state index is 11.0. The summed E-state index contributed by atoms with van der Waals surface area (Å²) in [7, 11) is 0. The van der Waals surface area contributed by atoms with Crippen LogP contribution in [0.3, 0.4) is 0 Å². The summed E-state index contributed by atoms with van der Waals surface area (Å²) in [5, 5.41) is 8.80. The van der Waals surface area contributed by atoms with Crippen molar-refractivity contribution in [3.05, 3.63) is 59.2 Å². The van der Waals surface area contributed by atoms with Gasteiger partial charge in [0.15, 0.2) is 0 Å². The Morgan fingerprint density at radius 1 is 1.25 bits per heavy atom. The van der Waals surface area contributed by atoms with Crippen molar-refractivity contribution in [3.8, 4) is 11.8 Å². The van der Waals surface area contributed by atoms with E-state index in [0.717, 1.165) is 5.56 Å². The second kappa shape index (κ2) is 5.76. The smallest absolute Gasteiger partial charge is 0.248 e. The number of hydrogen-bond acceptors (Lipinski definition) is 4. The van der Waals surface area contributed by atoms with Gasteiger partial charge in [0.2, 0.25) is 5.91 Å². The number of benzene rings is 2. The molecule has 0 saturated carbocycles. The summed E-state index contributed by atoms with van der Waals surface area (Å²) < 4.78 is 5.57. The van der Waals surface area contributed by atoms with Crippen molar-refractivity contribution >= 4 is 11.6 Å². The molecule has 5 nitrogen and oxygen atoms in total. The lowest BCUT2D eigenvalue weighted by Crippen LogP contribution is -2.12. The highest BCUT2D eigenvalue weighted by molar-refractivity contribution is 5.93. The number of nitrogens with two attached hydrogens (primary N) is 2. The van der Waals surface area contributed by atoms with Gasteiger partial charge in [0, 0.05) is 16.8 Å². The van der Waals surface area contributed by atoms with Gasteiger partial charge in [0.1, 0.15) is 12.4 Å². The average molecular weight is 267 g/mol. The molecule has 0 aliphatic rings. The number of nitriles is 1. The van der Waals surface area contributed by atoms with Crippen LogP contribution in [0, 0.1) is 11.3 Å². The van der Waals surface area contributed by atoms with Crippen LogP contribution in [0.15, 0.2) is 42.5 Å². The van der Waals surface area contributed by atoms with Crippen LogP contribution < -0.4 is 16.2 Å². The second-order valence-electron chi connectivity index (χ2n) is 4.21. The zero-order valence-electron chi connectivity index (χ0n) is 10.7. The Morgan fingerprint density at radius 3 is 2.70 bits per heavy atom. The average Bonchev–Trinajstić information content (AvgIpc) is 2.46. The highest BCUT2D eigenvalue weighted by atomic mass is 16.5. The molecule has 100 valence electrons. The van der Waals surface area contributed by atoms with Crippen LogP contribution in [-0.4, -0.2) is 5.91 Å². The van der Waals surface area contributed by atoms with Gasteiger partial charge in [0.25, 0.3) is 0 Å². The minimum Gasteiger partial charge on any atom is -0.489 e. The zero-order valence-corrected chi connectivity index (χ0v) is 10.7. The van der Waals surface area contributed by atoms with E-state index in [1.54, 1.807) is 36.4 Å². The number of hydrogen-bond donors (Lipinski definition) is 2. The third-order valence-corrected chi connectivity index (χ3v) is 2.79. The molecule has 5 heteroatoms. The predicted octanol–water partition coefficient (Wildman–Crippen LogP) is 1.82. The first kappa shape index (κ1) is 13.4. The van der Waals surface area contributed by atoms with E-state index in [0.29, 0.717) is 22.6 Å². The summed E-state index contributed by atoms with van der Waals surface area (Å²) in [4.78, 5) is 11.0. The minimum atomic E-state index is -0.522. The first-order valence-corrected chi connectivity index (χ1v) is 5.91. The number of amides is 1. The van der Waals surface area contributed by atoms with Gasteiger partial charge in [-0.15, -0.1) is 0 Å². The fraction of sp³-hybridized carbons (Fsp3) is 0.0667. The van der Waals surface area contributed by atoms with Gasteiger partial charge in [-0.05, 0) is 30.3 Å². The Hall–Kier alpha value is -3.00. The highest BCUT2D eigenvalue weighted by Gasteiger charge is 2.06. The lowest BCUT2D eigenvalue weighted by molar-refractivity contribution is 0.100. The molecule has 2 aromatic rings. The van der Waals surface area contributed by atoms with E-state index in [1.165, 1.54) is 6.07 Å². The van der Waals surface area contributed by atoms with E-state index in [2.05, 4.69) is 0 Å². The summed E-state index contributed by atoms with van der Waals surface area (Å²) in [6.07, 6.45) is 0. The van der Waals surface area contributed by atoms with Crippen LogP contribution in [-0.2, 0) is 6.61 Å². The van der Waals surface area contributed by atoms with Crippen molar-refractivity contribution in [2.24, 2.45) is 5.73 Å². The molecule has 0 spiro atoms. The number of anilines is 1. The quantitative estimate of drug-likeness (QED) is 0.825. The van der Waals surface area contributed by atoms with Gasteiger partial charge in [-0.25, -0.2) is 0 Å². The Bertz CT molecular complexity index is 690. The maximum Gasteiger partial charge on any atom is 0.248 e. The SMILES string of the molecule is N#Cc1cccc(OCc2ccc(C(N)=O)cc2N)c1. The van der Waals surface area contributed by atoms with Crippen LogP contribution >= 0.6 is 0 Å². The second-order valence-corrected chi connectivity index (χ2v) is 4.21. The summed E-state index contributed by atoms with van der Waals surface area (Å²) in [5.41, 5.74) is 13.1. The highest BCUT2D eigenvalue weighted by Crippen LogP contribution is 2.18. The van der Waals surface area contributed by atoms with E-state index >= 15 is 0 Å². The summed E-state index contributed by atoms with van der Waals surface area (Å²) >= 11 is 0. The van der Waals surface area contributed by atoms with Crippen molar-refractivity contribution in [1.82, 2.24) is 0 Å². The minimum absolute atomic E-state index is 0.250. The largest absolute Gasteiger partial charge is 0.489 e. The normalized spacial score (nSPS) is 9.75. The lowest BCUT2D eigenvalue weighted by atomic mass is 10.1. The molecule has 20 heavy (non-hydrogen) atoms. The number of primary amides is 1. The van der Waals surface area contributed by atoms with E-state index < -0.39 is 5.91 Å². The molecule has 0 fully saturated rings. The van der Waals surface area contributed by atoms with E-state index in [9.17, 15) is 4.79 Å². The fourth-order valence-corrected chi connectivity index (χ4v) is 1.70. The standard InChI is InChI=1S/C15H13N3O2/c16-8-10-2-1-3-13(6-10)20-9-12-5-4-11(15(18)19)7-14(12)17/h1-7H,9,17H2,(H2,18,19). The van der Waals surface area contributed by atoms with Gasteiger partial charge in [-0.1, -0.05) is 12.1 Å². The molecule has 0 radical (unpaired) electrons. The molecule has 2 aromatic carbocycles. The Kier molecular flexibility index (Phi) is 3.87. The van der Waals surface area contributed by atoms with Crippen molar-refractivity contribution in [1.29, 1.82) is 5.26 Å². The van der Waals surface area contributed by atoms with Gasteiger partial charge in [-0.3, -0.25) is 4.79 Å². The van der Waals surface area contributed by atoms with Crippen LogP contribution in [0.2, 0.25) is 0 Å². The number of carbonyl (C=O) groups is 1. The number of ether oxygens (including phenoxy) is 1. The summed E-state index contributed by atoms with van der Waals surface area (Å²) in [6, 6.07) is 13.7. The third kappa shape index (κ3) is 3.06. The predicted molar refractivity (Wildman–Crippen MR) is 74.9 cm³/mol. The maximum atomic E-state index is 11.0. The van der Waals surface area contributed by atoms with E-state index in [1.807, 2.05) is 6.07 Å². The molecule has 1 amide bonds. The van der Waals surface area contributed by atoms with Crippen LogP contribution in [0.4, 0.5) is 5.69 Å². The van der Waals surface area contributed by atoms with Crippen molar-refractivity contribution in [2.75, 3.05) is 5.73 Å². The molecule has 0 heterocycles. The zero-order chi connectivity index (χ0) is 14.5. The Balaban J connectivity index is 2.11. The van der Waals surface area contributed by atoms with Crippen molar-refractivity contribution in [2.45, 2.75) is 6.61 Å². The lowest BCUT2D eigenvalue weighted by Gasteiger charge is -2.09. The molecule has 4 N–H and O–H groups in total. The summed E-state index contributed by atoms with van der Waals surface area (Å²) in [5.74, 6) is 0.0633. The topological polar surface area (TPSA) is 102 Å². The van der Waals surface area contributed by atoms with Gasteiger partial charge in [-0.2, -0.15) is 5.26 Å². The van der Waals surface area contributed by atoms with Gasteiger partial charge in [0.05, 0.1) is 11.6 Å².